The number of hydrogen-bond donors (Lipinski definition) is 1. The van der Waals surface area contributed by atoms with Crippen LogP contribution in [-0.2, 0) is 9.59 Å². The van der Waals surface area contributed by atoms with Gasteiger partial charge in [0.2, 0.25) is 18.6 Å². The van der Waals surface area contributed by atoms with E-state index in [4.69, 9.17) is 9.47 Å². The van der Waals surface area contributed by atoms with Crippen LogP contribution in [0.15, 0.2) is 18.2 Å². The van der Waals surface area contributed by atoms with Crippen molar-refractivity contribution in [1.82, 2.24) is 5.32 Å². The van der Waals surface area contributed by atoms with Crippen LogP contribution < -0.4 is 19.7 Å². The molecule has 94 valence electrons. The summed E-state index contributed by atoms with van der Waals surface area (Å²) in [4.78, 5) is 24.7. The molecule has 2 aliphatic heterocycles. The Labute approximate surface area is 103 Å². The van der Waals surface area contributed by atoms with Gasteiger partial charge in [0.1, 0.15) is 0 Å². The first-order valence-corrected chi connectivity index (χ1v) is 5.71. The van der Waals surface area contributed by atoms with Crippen LogP contribution in [0.2, 0.25) is 0 Å². The van der Waals surface area contributed by atoms with E-state index < -0.39 is 0 Å². The number of anilines is 1. The largest absolute Gasteiger partial charge is 0.454 e. The van der Waals surface area contributed by atoms with Crippen molar-refractivity contribution in [3.8, 4) is 11.5 Å². The molecule has 0 aliphatic carbocycles. The summed E-state index contributed by atoms with van der Waals surface area (Å²) in [6.45, 7) is 0.615. The first-order valence-electron chi connectivity index (χ1n) is 5.71. The molecule has 0 unspecified atom stereocenters. The molecule has 18 heavy (non-hydrogen) atoms. The molecule has 1 aromatic rings. The molecule has 0 spiro atoms. The molecule has 2 aliphatic rings. The predicted octanol–water partition coefficient (Wildman–Crippen LogP) is 0.268. The van der Waals surface area contributed by atoms with Crippen molar-refractivity contribution in [2.24, 2.45) is 0 Å². The zero-order chi connectivity index (χ0) is 12.5. The number of carbonyl (C=O) groups is 2. The molecule has 3 rings (SSSR count). The molecule has 1 N–H and O–H groups in total. The van der Waals surface area contributed by atoms with E-state index in [1.807, 2.05) is 0 Å². The molecule has 1 aromatic carbocycles. The first kappa shape index (κ1) is 10.9. The number of hydrogen-bond acceptors (Lipinski definition) is 4. The molecule has 0 atom stereocenters. The number of ether oxygens (including phenoxy) is 2. The summed E-state index contributed by atoms with van der Waals surface area (Å²) >= 11 is 0. The van der Waals surface area contributed by atoms with Crippen LogP contribution in [0.3, 0.4) is 0 Å². The van der Waals surface area contributed by atoms with Gasteiger partial charge >= 0.3 is 0 Å². The number of nitrogens with one attached hydrogen (secondary N) is 1. The maximum atomic E-state index is 11.9. The van der Waals surface area contributed by atoms with Crippen LogP contribution in [0.25, 0.3) is 0 Å². The van der Waals surface area contributed by atoms with E-state index in [9.17, 15) is 9.59 Å². The Morgan fingerprint density at radius 1 is 1.17 bits per heavy atom. The highest BCUT2D eigenvalue weighted by Gasteiger charge is 2.23. The Bertz CT molecular complexity index is 515. The second-order valence-corrected chi connectivity index (χ2v) is 4.11. The molecule has 6 heteroatoms. The van der Waals surface area contributed by atoms with Crippen molar-refractivity contribution < 1.29 is 19.1 Å². The summed E-state index contributed by atoms with van der Waals surface area (Å²) in [7, 11) is 0. The van der Waals surface area contributed by atoms with Gasteiger partial charge in [-0.05, 0) is 12.1 Å². The lowest BCUT2D eigenvalue weighted by Gasteiger charge is -2.19. The highest BCUT2D eigenvalue weighted by molar-refractivity contribution is 5.99. The second-order valence-electron chi connectivity index (χ2n) is 4.11. The fraction of sp³-hybridized carbons (Fsp3) is 0.333. The highest BCUT2D eigenvalue weighted by Crippen LogP contribution is 2.35. The molecule has 0 saturated carbocycles. The number of rotatable bonds is 1. The van der Waals surface area contributed by atoms with Crippen molar-refractivity contribution in [2.45, 2.75) is 6.42 Å². The Hall–Kier alpha value is -2.24. The van der Waals surface area contributed by atoms with Crippen LogP contribution >= 0.6 is 0 Å². The Balaban J connectivity index is 1.89. The number of amides is 2. The molecule has 0 radical (unpaired) electrons. The van der Waals surface area contributed by atoms with Crippen molar-refractivity contribution in [3.05, 3.63) is 18.2 Å². The van der Waals surface area contributed by atoms with Gasteiger partial charge in [0.25, 0.3) is 0 Å². The minimum absolute atomic E-state index is 0.0350. The van der Waals surface area contributed by atoms with E-state index in [1.165, 1.54) is 0 Å². The van der Waals surface area contributed by atoms with E-state index >= 15 is 0 Å². The average Bonchev–Trinajstić information content (AvgIpc) is 2.77. The van der Waals surface area contributed by atoms with Gasteiger partial charge in [0.05, 0.1) is 6.54 Å². The third kappa shape index (κ3) is 1.85. The number of benzene rings is 1. The summed E-state index contributed by atoms with van der Waals surface area (Å²) in [6, 6.07) is 5.32. The van der Waals surface area contributed by atoms with E-state index in [-0.39, 0.29) is 25.2 Å². The van der Waals surface area contributed by atoms with Crippen LogP contribution in [0.5, 0.6) is 11.5 Å². The maximum absolute atomic E-state index is 11.9. The van der Waals surface area contributed by atoms with Gasteiger partial charge < -0.3 is 19.7 Å². The molecule has 2 heterocycles. The molecule has 0 bridgehead atoms. The number of fused-ring (bicyclic) bond motifs is 1. The molecular weight excluding hydrogens is 236 g/mol. The molecule has 2 amide bonds. The minimum Gasteiger partial charge on any atom is -0.454 e. The van der Waals surface area contributed by atoms with Gasteiger partial charge in [0, 0.05) is 24.7 Å². The summed E-state index contributed by atoms with van der Waals surface area (Å²) in [6.07, 6.45) is 0.306. The fourth-order valence-electron chi connectivity index (χ4n) is 2.02. The van der Waals surface area contributed by atoms with Gasteiger partial charge in [-0.2, -0.15) is 0 Å². The lowest BCUT2D eigenvalue weighted by molar-refractivity contribution is -0.123. The van der Waals surface area contributed by atoms with Crippen LogP contribution in [0, 0.1) is 0 Å². The van der Waals surface area contributed by atoms with Crippen molar-refractivity contribution in [3.63, 3.8) is 0 Å². The Kier molecular flexibility index (Phi) is 2.55. The molecule has 0 aromatic heterocycles. The average molecular weight is 248 g/mol. The lowest BCUT2D eigenvalue weighted by atomic mass is 10.2. The van der Waals surface area contributed by atoms with Crippen LogP contribution in [-0.4, -0.2) is 31.7 Å². The topological polar surface area (TPSA) is 67.9 Å². The smallest absolute Gasteiger partial charge is 0.246 e. The Morgan fingerprint density at radius 3 is 2.89 bits per heavy atom. The van der Waals surface area contributed by atoms with Crippen LogP contribution in [0.1, 0.15) is 6.42 Å². The molecule has 1 fully saturated rings. The van der Waals surface area contributed by atoms with Crippen molar-refractivity contribution in [2.75, 3.05) is 24.8 Å². The van der Waals surface area contributed by atoms with E-state index in [2.05, 4.69) is 5.32 Å². The van der Waals surface area contributed by atoms with Gasteiger partial charge in [-0.25, -0.2) is 0 Å². The predicted molar refractivity (Wildman–Crippen MR) is 62.5 cm³/mol. The van der Waals surface area contributed by atoms with Gasteiger partial charge in [-0.15, -0.1) is 0 Å². The third-order valence-electron chi connectivity index (χ3n) is 2.97. The van der Waals surface area contributed by atoms with E-state index in [0.29, 0.717) is 24.5 Å². The van der Waals surface area contributed by atoms with Crippen molar-refractivity contribution in [1.29, 1.82) is 0 Å². The van der Waals surface area contributed by atoms with Crippen LogP contribution in [0.4, 0.5) is 5.69 Å². The van der Waals surface area contributed by atoms with Crippen molar-refractivity contribution >= 4 is 17.5 Å². The number of nitrogens with zero attached hydrogens (tertiary/aromatic N) is 1. The maximum Gasteiger partial charge on any atom is 0.246 e. The molecule has 6 nitrogen and oxygen atoms in total. The normalized spacial score (nSPS) is 18.6. The molecule has 1 saturated heterocycles. The quantitative estimate of drug-likeness (QED) is 0.774. The molecular formula is C12H12N2O4. The number of carbonyl (C=O) groups excluding carboxylic acids is 2. The van der Waals surface area contributed by atoms with E-state index in [0.717, 1.165) is 5.69 Å². The third-order valence-corrected chi connectivity index (χ3v) is 2.97. The summed E-state index contributed by atoms with van der Waals surface area (Å²) in [5, 5.41) is 2.56. The minimum atomic E-state index is -0.125. The van der Waals surface area contributed by atoms with E-state index in [1.54, 1.807) is 23.1 Å². The summed E-state index contributed by atoms with van der Waals surface area (Å²) in [5.41, 5.74) is 0.723. The highest BCUT2D eigenvalue weighted by atomic mass is 16.7. The zero-order valence-corrected chi connectivity index (χ0v) is 9.64. The van der Waals surface area contributed by atoms with Gasteiger partial charge in [-0.3, -0.25) is 9.59 Å². The first-order chi connectivity index (χ1) is 8.74. The lowest BCUT2D eigenvalue weighted by Crippen LogP contribution is -2.35. The summed E-state index contributed by atoms with van der Waals surface area (Å²) in [5.74, 6) is 1.07. The monoisotopic (exact) mass is 248 g/mol. The SMILES string of the molecule is O=C1CCN(c2ccc3c(c2)OCO3)C(=O)CN1. The standard InChI is InChI=1S/C12H12N2O4/c15-11-3-4-14(12(16)6-13-11)8-1-2-9-10(5-8)18-7-17-9/h1-2,5H,3-4,6-7H2,(H,13,15). The van der Waals surface area contributed by atoms with Gasteiger partial charge in [-0.1, -0.05) is 0 Å². The second kappa shape index (κ2) is 4.21. The van der Waals surface area contributed by atoms with Gasteiger partial charge in [0.15, 0.2) is 11.5 Å². The fourth-order valence-corrected chi connectivity index (χ4v) is 2.02. The Morgan fingerprint density at radius 2 is 2.00 bits per heavy atom. The zero-order valence-electron chi connectivity index (χ0n) is 9.64. The summed E-state index contributed by atoms with van der Waals surface area (Å²) < 4.78 is 10.5.